The Bertz CT molecular complexity index is 1020. The summed E-state index contributed by atoms with van der Waals surface area (Å²) < 4.78 is 9.01. The van der Waals surface area contributed by atoms with Crippen LogP contribution in [0.25, 0.3) is 0 Å². The fourth-order valence-corrected chi connectivity index (χ4v) is 4.24. The molecule has 1 aromatic carbocycles. The van der Waals surface area contributed by atoms with Gasteiger partial charge in [0.05, 0.1) is 19.8 Å². The number of halogens is 1. The summed E-state index contributed by atoms with van der Waals surface area (Å²) in [5, 5.41) is 14.9. The standard InChI is InChI=1S/C23H30N4O6S.BrH/c1-15-16(2)27(4)23(26(15)3)34-14-18(28)10-11-19(21(30)31)25-20(29)12-24-22(32)33-13-17-8-6-5-7-9-17;/h5-9,19H,10-14H2,1-4H3,(H2-,24,25,29,30,31,32);1H/t19-;/m0./s1. The molecule has 2 amide bonds. The fraction of sp³-hybridized carbons (Fsp3) is 0.435. The van der Waals surface area contributed by atoms with Crippen molar-refractivity contribution in [2.24, 2.45) is 14.1 Å². The maximum Gasteiger partial charge on any atom is 0.407 e. The van der Waals surface area contributed by atoms with Crippen LogP contribution in [0.5, 0.6) is 0 Å². The molecule has 0 saturated carbocycles. The van der Waals surface area contributed by atoms with Crippen molar-refractivity contribution in [2.45, 2.75) is 44.5 Å². The monoisotopic (exact) mass is 570 g/mol. The number of ether oxygens (including phenoxy) is 1. The zero-order valence-corrected chi connectivity index (χ0v) is 22.6. The largest absolute Gasteiger partial charge is 1.00 e. The van der Waals surface area contributed by atoms with Crippen molar-refractivity contribution in [3.8, 4) is 0 Å². The summed E-state index contributed by atoms with van der Waals surface area (Å²) in [6.45, 7) is 3.61. The van der Waals surface area contributed by atoms with Crippen LogP contribution >= 0.6 is 11.8 Å². The molecule has 0 aliphatic heterocycles. The van der Waals surface area contributed by atoms with E-state index in [0.29, 0.717) is 0 Å². The van der Waals surface area contributed by atoms with E-state index in [9.17, 15) is 24.3 Å². The first-order valence-corrected chi connectivity index (χ1v) is 11.7. The van der Waals surface area contributed by atoms with Gasteiger partial charge in [0.1, 0.15) is 36.4 Å². The van der Waals surface area contributed by atoms with E-state index in [1.54, 1.807) is 12.1 Å². The van der Waals surface area contributed by atoms with Crippen molar-refractivity contribution in [1.82, 2.24) is 15.2 Å². The van der Waals surface area contributed by atoms with Gasteiger partial charge in [0.15, 0.2) is 0 Å². The van der Waals surface area contributed by atoms with Gasteiger partial charge in [-0.1, -0.05) is 30.3 Å². The Balaban J connectivity index is 0.00000612. The first-order chi connectivity index (χ1) is 16.1. The minimum atomic E-state index is -1.25. The van der Waals surface area contributed by atoms with E-state index in [2.05, 4.69) is 10.6 Å². The number of alkyl carbamates (subject to hydrolysis) is 1. The summed E-state index contributed by atoms with van der Waals surface area (Å²) in [4.78, 5) is 47.6. The fourth-order valence-electron chi connectivity index (χ4n) is 3.14. The van der Waals surface area contributed by atoms with E-state index >= 15 is 0 Å². The number of carbonyl (C=O) groups is 4. The van der Waals surface area contributed by atoms with Gasteiger partial charge in [-0.15, -0.1) is 0 Å². The van der Waals surface area contributed by atoms with Crippen LogP contribution in [-0.4, -0.2) is 51.8 Å². The van der Waals surface area contributed by atoms with Crippen LogP contribution in [0, 0.1) is 13.8 Å². The minimum absolute atomic E-state index is 0. The van der Waals surface area contributed by atoms with Crippen molar-refractivity contribution in [2.75, 3.05) is 12.3 Å². The normalized spacial score (nSPS) is 11.2. The summed E-state index contributed by atoms with van der Waals surface area (Å²) in [5.74, 6) is -1.86. The molecule has 0 unspecified atom stereocenters. The van der Waals surface area contributed by atoms with Gasteiger partial charge in [0.2, 0.25) is 5.91 Å². The number of rotatable bonds is 12. The van der Waals surface area contributed by atoms with Crippen molar-refractivity contribution in [1.29, 1.82) is 0 Å². The number of imidazole rings is 1. The van der Waals surface area contributed by atoms with Crippen LogP contribution in [0.4, 0.5) is 4.79 Å². The number of carboxylic acids is 1. The molecule has 192 valence electrons. The van der Waals surface area contributed by atoms with Crippen LogP contribution in [0.1, 0.15) is 29.8 Å². The van der Waals surface area contributed by atoms with E-state index < -0.39 is 30.6 Å². The molecule has 10 nitrogen and oxygen atoms in total. The molecule has 1 aromatic heterocycles. The van der Waals surface area contributed by atoms with Crippen molar-refractivity contribution < 1.29 is 50.6 Å². The quantitative estimate of drug-likeness (QED) is 0.207. The van der Waals surface area contributed by atoms with E-state index in [4.69, 9.17) is 4.74 Å². The van der Waals surface area contributed by atoms with Gasteiger partial charge in [-0.3, -0.25) is 9.59 Å². The summed E-state index contributed by atoms with van der Waals surface area (Å²) >= 11 is 1.39. The van der Waals surface area contributed by atoms with Crippen LogP contribution in [0.2, 0.25) is 0 Å². The molecule has 0 radical (unpaired) electrons. The Hall–Kier alpha value is -2.86. The highest BCUT2D eigenvalue weighted by molar-refractivity contribution is 7.99. The molecule has 0 saturated heterocycles. The molecule has 0 aliphatic carbocycles. The van der Waals surface area contributed by atoms with Crippen LogP contribution in [0.15, 0.2) is 35.5 Å². The maximum atomic E-state index is 12.3. The highest BCUT2D eigenvalue weighted by atomic mass is 79.9. The number of aromatic nitrogens is 2. The lowest BCUT2D eigenvalue weighted by atomic mass is 10.1. The number of amides is 2. The second-order valence-corrected chi connectivity index (χ2v) is 8.75. The topological polar surface area (TPSA) is 131 Å². The lowest BCUT2D eigenvalue weighted by molar-refractivity contribution is -0.715. The second-order valence-electron chi connectivity index (χ2n) is 7.81. The molecule has 35 heavy (non-hydrogen) atoms. The molecule has 0 spiro atoms. The van der Waals surface area contributed by atoms with Gasteiger partial charge in [-0.05, 0) is 23.7 Å². The van der Waals surface area contributed by atoms with E-state index in [0.717, 1.165) is 22.1 Å². The zero-order chi connectivity index (χ0) is 25.3. The lowest BCUT2D eigenvalue weighted by Gasteiger charge is -2.14. The number of ketones is 1. The first kappa shape index (κ1) is 30.2. The van der Waals surface area contributed by atoms with E-state index in [-0.39, 0.29) is 48.0 Å². The number of hydrogen-bond donors (Lipinski definition) is 3. The molecule has 3 N–H and O–H groups in total. The Kier molecular flexibility index (Phi) is 12.5. The second kappa shape index (κ2) is 14.5. The molecule has 1 heterocycles. The van der Waals surface area contributed by atoms with Gasteiger partial charge >= 0.3 is 17.2 Å². The average Bonchev–Trinajstić information content (AvgIpc) is 3.00. The third kappa shape index (κ3) is 9.36. The van der Waals surface area contributed by atoms with E-state index in [1.165, 1.54) is 11.8 Å². The third-order valence-corrected chi connectivity index (χ3v) is 6.69. The SMILES string of the molecule is Cc1c(C)[n+](C)c(SCC(=O)CC[C@H](NC(=O)CNC(=O)OCc2ccccc2)C(=O)O)n1C.[Br-]. The van der Waals surface area contributed by atoms with Crippen LogP contribution in [-0.2, 0) is 39.8 Å². The number of nitrogens with one attached hydrogen (secondary N) is 2. The molecule has 1 atom stereocenters. The summed E-state index contributed by atoms with van der Waals surface area (Å²) in [7, 11) is 3.85. The Labute approximate surface area is 219 Å². The molecule has 0 fully saturated rings. The average molecular weight is 571 g/mol. The Morgan fingerprint density at radius 3 is 2.40 bits per heavy atom. The van der Waals surface area contributed by atoms with Gasteiger partial charge in [0.25, 0.3) is 0 Å². The predicted molar refractivity (Wildman–Crippen MR) is 125 cm³/mol. The van der Waals surface area contributed by atoms with Gasteiger partial charge < -0.3 is 37.5 Å². The lowest BCUT2D eigenvalue weighted by Crippen LogP contribution is -3.00. The molecule has 2 aromatic rings. The number of Topliss-reactive ketones (excluding diaryl/α,β-unsaturated/α-hetero) is 1. The van der Waals surface area contributed by atoms with Gasteiger partial charge in [-0.2, -0.15) is 0 Å². The highest BCUT2D eigenvalue weighted by Crippen LogP contribution is 2.18. The molecular formula is C23H31BrN4O6S. The number of hydrogen-bond acceptors (Lipinski definition) is 6. The Morgan fingerprint density at radius 1 is 1.17 bits per heavy atom. The highest BCUT2D eigenvalue weighted by Gasteiger charge is 2.24. The number of aliphatic carboxylic acids is 1. The number of carboxylic acid groups (broad SMARTS) is 1. The number of nitrogens with zero attached hydrogens (tertiary/aromatic N) is 2. The smallest absolute Gasteiger partial charge is 0.407 e. The summed E-state index contributed by atoms with van der Waals surface area (Å²) in [6.07, 6.45) is -0.837. The summed E-state index contributed by atoms with van der Waals surface area (Å²) in [5.41, 5.74) is 2.99. The van der Waals surface area contributed by atoms with E-state index in [1.807, 2.05) is 55.3 Å². The third-order valence-electron chi connectivity index (χ3n) is 5.42. The number of thioether (sulfide) groups is 1. The molecular weight excluding hydrogens is 540 g/mol. The van der Waals surface area contributed by atoms with Crippen LogP contribution < -0.4 is 32.2 Å². The van der Waals surface area contributed by atoms with Crippen molar-refractivity contribution >= 4 is 35.5 Å². The van der Waals surface area contributed by atoms with Gasteiger partial charge in [-0.25, -0.2) is 18.7 Å². The molecule has 2 rings (SSSR count). The molecule has 0 bridgehead atoms. The van der Waals surface area contributed by atoms with Gasteiger partial charge in [0, 0.05) is 20.3 Å². The molecule has 0 aliphatic rings. The zero-order valence-electron chi connectivity index (χ0n) is 20.2. The predicted octanol–water partition coefficient (Wildman–Crippen LogP) is -1.59. The Morgan fingerprint density at radius 2 is 1.83 bits per heavy atom. The summed E-state index contributed by atoms with van der Waals surface area (Å²) in [6, 6.07) is 7.80. The van der Waals surface area contributed by atoms with Crippen LogP contribution in [0.3, 0.4) is 0 Å². The minimum Gasteiger partial charge on any atom is -1.00 e. The van der Waals surface area contributed by atoms with Crippen molar-refractivity contribution in [3.05, 3.63) is 47.3 Å². The first-order valence-electron chi connectivity index (χ1n) is 10.7. The number of benzene rings is 1. The van der Waals surface area contributed by atoms with Crippen molar-refractivity contribution in [3.63, 3.8) is 0 Å². The maximum absolute atomic E-state index is 12.3. The number of carbonyl (C=O) groups excluding carboxylic acids is 3. The molecule has 12 heteroatoms.